The van der Waals surface area contributed by atoms with Crippen LogP contribution in [0.15, 0.2) is 59.4 Å². The second-order valence-corrected chi connectivity index (χ2v) is 7.24. The maximum absolute atomic E-state index is 12.4. The predicted molar refractivity (Wildman–Crippen MR) is 115 cm³/mol. The summed E-state index contributed by atoms with van der Waals surface area (Å²) >= 11 is 0. The Bertz CT molecular complexity index is 1050. The van der Waals surface area contributed by atoms with E-state index in [2.05, 4.69) is 10.3 Å². The van der Waals surface area contributed by atoms with E-state index in [1.165, 1.54) is 5.56 Å². The largest absolute Gasteiger partial charge is 0.493 e. The molecule has 0 atom stereocenters. The lowest BCUT2D eigenvalue weighted by Gasteiger charge is -2.09. The smallest absolute Gasteiger partial charge is 0.253 e. The van der Waals surface area contributed by atoms with E-state index in [9.17, 15) is 9.59 Å². The normalized spacial score (nSPS) is 10.6. The summed E-state index contributed by atoms with van der Waals surface area (Å²) in [5.41, 5.74) is 4.93. The minimum absolute atomic E-state index is 0.160. The Morgan fingerprint density at radius 1 is 1.03 bits per heavy atom. The first-order chi connectivity index (χ1) is 13.9. The Balaban J connectivity index is 1.53. The molecule has 3 rings (SSSR count). The summed E-state index contributed by atoms with van der Waals surface area (Å²) in [6, 6.07) is 17.3. The Kier molecular flexibility index (Phi) is 6.50. The average Bonchev–Trinajstić information content (AvgIpc) is 2.67. The predicted octanol–water partition coefficient (Wildman–Crippen LogP) is 3.85. The monoisotopic (exact) mass is 390 g/mol. The molecule has 1 aromatic heterocycles. The van der Waals surface area contributed by atoms with Gasteiger partial charge in [0.05, 0.1) is 6.61 Å². The average molecular weight is 390 g/mol. The molecule has 2 N–H and O–H groups in total. The highest BCUT2D eigenvalue weighted by molar-refractivity contribution is 5.94. The standard InChI is InChI=1S/C24H26N2O3/c1-16-5-4-6-21(13-16)29-12-11-19-7-9-20(10-8-19)23(27)25-15-22-17(2)14-18(3)26-24(22)28/h4-10,13-14H,11-12,15H2,1-3H3,(H,25,27)(H,26,28). The lowest BCUT2D eigenvalue weighted by molar-refractivity contribution is 0.0950. The van der Waals surface area contributed by atoms with Gasteiger partial charge in [0.15, 0.2) is 0 Å². The summed E-state index contributed by atoms with van der Waals surface area (Å²) in [6.07, 6.45) is 0.758. The highest BCUT2D eigenvalue weighted by atomic mass is 16.5. The molecule has 0 saturated heterocycles. The molecular formula is C24H26N2O3. The molecule has 0 aliphatic rings. The minimum Gasteiger partial charge on any atom is -0.493 e. The maximum atomic E-state index is 12.4. The van der Waals surface area contributed by atoms with E-state index < -0.39 is 0 Å². The molecule has 29 heavy (non-hydrogen) atoms. The van der Waals surface area contributed by atoms with Crippen molar-refractivity contribution in [3.8, 4) is 5.75 Å². The van der Waals surface area contributed by atoms with Crippen molar-refractivity contribution >= 4 is 5.91 Å². The number of ether oxygens (including phenoxy) is 1. The van der Waals surface area contributed by atoms with Gasteiger partial charge in [0, 0.05) is 29.8 Å². The van der Waals surface area contributed by atoms with Crippen LogP contribution in [0.25, 0.3) is 0 Å². The Hall–Kier alpha value is -3.34. The first-order valence-corrected chi connectivity index (χ1v) is 9.68. The number of carbonyl (C=O) groups excluding carboxylic acids is 1. The van der Waals surface area contributed by atoms with Crippen LogP contribution in [0.5, 0.6) is 5.75 Å². The molecule has 0 spiro atoms. The van der Waals surface area contributed by atoms with Crippen molar-refractivity contribution in [1.82, 2.24) is 10.3 Å². The number of amides is 1. The van der Waals surface area contributed by atoms with Gasteiger partial charge in [-0.05, 0) is 67.8 Å². The number of benzene rings is 2. The molecule has 0 radical (unpaired) electrons. The molecule has 0 fully saturated rings. The van der Waals surface area contributed by atoms with Gasteiger partial charge in [-0.2, -0.15) is 0 Å². The van der Waals surface area contributed by atoms with Gasteiger partial charge in [-0.1, -0.05) is 24.3 Å². The summed E-state index contributed by atoms with van der Waals surface area (Å²) in [4.78, 5) is 27.2. The fraction of sp³-hybridized carbons (Fsp3) is 0.250. The third kappa shape index (κ3) is 5.57. The van der Waals surface area contributed by atoms with Crippen molar-refractivity contribution in [1.29, 1.82) is 0 Å². The molecule has 0 unspecified atom stereocenters. The molecule has 0 saturated carbocycles. The molecule has 0 aliphatic carbocycles. The van der Waals surface area contributed by atoms with Crippen LogP contribution in [0.4, 0.5) is 0 Å². The van der Waals surface area contributed by atoms with Gasteiger partial charge in [0.1, 0.15) is 5.75 Å². The van der Waals surface area contributed by atoms with E-state index in [-0.39, 0.29) is 18.0 Å². The van der Waals surface area contributed by atoms with Gasteiger partial charge in [-0.3, -0.25) is 9.59 Å². The zero-order valence-corrected chi connectivity index (χ0v) is 17.0. The first-order valence-electron chi connectivity index (χ1n) is 9.68. The second kappa shape index (κ2) is 9.24. The van der Waals surface area contributed by atoms with Gasteiger partial charge in [-0.15, -0.1) is 0 Å². The molecule has 1 heterocycles. The summed E-state index contributed by atoms with van der Waals surface area (Å²) in [5, 5.41) is 2.82. The number of aryl methyl sites for hydroxylation is 3. The van der Waals surface area contributed by atoms with Crippen LogP contribution in [0, 0.1) is 20.8 Å². The lowest BCUT2D eigenvalue weighted by atomic mass is 10.1. The zero-order valence-electron chi connectivity index (χ0n) is 17.0. The molecule has 0 aliphatic heterocycles. The van der Waals surface area contributed by atoms with Crippen molar-refractivity contribution in [3.63, 3.8) is 0 Å². The zero-order chi connectivity index (χ0) is 20.8. The van der Waals surface area contributed by atoms with Crippen molar-refractivity contribution in [2.75, 3.05) is 6.61 Å². The summed E-state index contributed by atoms with van der Waals surface area (Å²) in [6.45, 7) is 6.52. The minimum atomic E-state index is -0.202. The van der Waals surface area contributed by atoms with Gasteiger partial charge in [0.2, 0.25) is 0 Å². The Morgan fingerprint density at radius 3 is 2.48 bits per heavy atom. The molecule has 3 aromatic rings. The SMILES string of the molecule is Cc1cccc(OCCc2ccc(C(=O)NCc3c(C)cc(C)[nH]c3=O)cc2)c1. The van der Waals surface area contributed by atoms with E-state index in [0.717, 1.165) is 29.0 Å². The number of pyridine rings is 1. The van der Waals surface area contributed by atoms with Gasteiger partial charge in [0.25, 0.3) is 11.5 Å². The summed E-state index contributed by atoms with van der Waals surface area (Å²) in [7, 11) is 0. The molecule has 5 heteroatoms. The molecule has 5 nitrogen and oxygen atoms in total. The fourth-order valence-electron chi connectivity index (χ4n) is 3.19. The van der Waals surface area contributed by atoms with Crippen molar-refractivity contribution in [2.24, 2.45) is 0 Å². The van der Waals surface area contributed by atoms with Gasteiger partial charge < -0.3 is 15.0 Å². The van der Waals surface area contributed by atoms with E-state index in [1.807, 2.05) is 63.2 Å². The molecule has 150 valence electrons. The highest BCUT2D eigenvalue weighted by Gasteiger charge is 2.09. The van der Waals surface area contributed by atoms with Crippen LogP contribution >= 0.6 is 0 Å². The fourth-order valence-corrected chi connectivity index (χ4v) is 3.19. The van der Waals surface area contributed by atoms with Crippen LogP contribution in [-0.4, -0.2) is 17.5 Å². The van der Waals surface area contributed by atoms with Gasteiger partial charge in [-0.25, -0.2) is 0 Å². The number of aromatic nitrogens is 1. The van der Waals surface area contributed by atoms with Crippen LogP contribution in [-0.2, 0) is 13.0 Å². The van der Waals surface area contributed by atoms with E-state index >= 15 is 0 Å². The third-order valence-corrected chi connectivity index (χ3v) is 4.78. The summed E-state index contributed by atoms with van der Waals surface area (Å²) < 4.78 is 5.77. The Morgan fingerprint density at radius 2 is 1.79 bits per heavy atom. The highest BCUT2D eigenvalue weighted by Crippen LogP contribution is 2.13. The van der Waals surface area contributed by atoms with Crippen LogP contribution in [0.3, 0.4) is 0 Å². The van der Waals surface area contributed by atoms with Crippen LogP contribution < -0.4 is 15.6 Å². The number of nitrogens with one attached hydrogen (secondary N) is 2. The lowest BCUT2D eigenvalue weighted by Crippen LogP contribution is -2.27. The molecule has 1 amide bonds. The Labute approximate surface area is 170 Å². The first kappa shape index (κ1) is 20.4. The van der Waals surface area contributed by atoms with Crippen LogP contribution in [0.2, 0.25) is 0 Å². The molecular weight excluding hydrogens is 364 g/mol. The second-order valence-electron chi connectivity index (χ2n) is 7.24. The van der Waals surface area contributed by atoms with Crippen molar-refractivity contribution < 1.29 is 9.53 Å². The maximum Gasteiger partial charge on any atom is 0.253 e. The van der Waals surface area contributed by atoms with Crippen molar-refractivity contribution in [3.05, 3.63) is 98.5 Å². The van der Waals surface area contributed by atoms with Crippen molar-refractivity contribution in [2.45, 2.75) is 33.7 Å². The van der Waals surface area contributed by atoms with Crippen LogP contribution in [0.1, 0.15) is 38.3 Å². The number of H-pyrrole nitrogens is 1. The number of rotatable bonds is 7. The summed E-state index contributed by atoms with van der Waals surface area (Å²) in [5.74, 6) is 0.661. The number of hydrogen-bond donors (Lipinski definition) is 2. The third-order valence-electron chi connectivity index (χ3n) is 4.78. The number of carbonyl (C=O) groups is 1. The quantitative estimate of drug-likeness (QED) is 0.644. The van der Waals surface area contributed by atoms with E-state index in [0.29, 0.717) is 17.7 Å². The molecule has 0 bridgehead atoms. The topological polar surface area (TPSA) is 71.2 Å². The van der Waals surface area contributed by atoms with E-state index in [1.54, 1.807) is 12.1 Å². The molecule has 2 aromatic carbocycles. The van der Waals surface area contributed by atoms with E-state index in [4.69, 9.17) is 4.74 Å². The number of hydrogen-bond acceptors (Lipinski definition) is 3. The van der Waals surface area contributed by atoms with Gasteiger partial charge >= 0.3 is 0 Å². The number of aromatic amines is 1.